The van der Waals surface area contributed by atoms with E-state index in [1.165, 1.54) is 0 Å². The zero-order valence-corrected chi connectivity index (χ0v) is 8.78. The SMILES string of the molecule is C#CCOC.COc1ccc(C)cn1. The monoisotopic (exact) mass is 193 g/mol. The summed E-state index contributed by atoms with van der Waals surface area (Å²) in [6, 6.07) is 3.81. The summed E-state index contributed by atoms with van der Waals surface area (Å²) in [5.41, 5.74) is 1.15. The summed E-state index contributed by atoms with van der Waals surface area (Å²) in [6.45, 7) is 2.41. The van der Waals surface area contributed by atoms with Crippen LogP contribution in [-0.2, 0) is 4.74 Å². The summed E-state index contributed by atoms with van der Waals surface area (Å²) >= 11 is 0. The van der Waals surface area contributed by atoms with Gasteiger partial charge < -0.3 is 9.47 Å². The maximum absolute atomic E-state index is 4.86. The molecule has 1 aromatic heterocycles. The molecular formula is C11H15NO2. The molecule has 3 nitrogen and oxygen atoms in total. The Morgan fingerprint density at radius 2 is 2.14 bits per heavy atom. The van der Waals surface area contributed by atoms with Gasteiger partial charge in [0.15, 0.2) is 0 Å². The van der Waals surface area contributed by atoms with Gasteiger partial charge >= 0.3 is 0 Å². The van der Waals surface area contributed by atoms with E-state index in [-0.39, 0.29) is 0 Å². The number of pyridine rings is 1. The van der Waals surface area contributed by atoms with Crippen LogP contribution in [-0.4, -0.2) is 25.8 Å². The molecule has 0 N–H and O–H groups in total. The zero-order valence-electron chi connectivity index (χ0n) is 8.78. The van der Waals surface area contributed by atoms with Crippen molar-refractivity contribution in [1.29, 1.82) is 0 Å². The molecule has 0 amide bonds. The van der Waals surface area contributed by atoms with Gasteiger partial charge in [-0.1, -0.05) is 12.0 Å². The lowest BCUT2D eigenvalue weighted by molar-refractivity contribution is 0.240. The van der Waals surface area contributed by atoms with E-state index in [4.69, 9.17) is 11.2 Å². The largest absolute Gasteiger partial charge is 0.481 e. The highest BCUT2D eigenvalue weighted by Gasteiger charge is 1.87. The lowest BCUT2D eigenvalue weighted by Gasteiger charge is -1.95. The van der Waals surface area contributed by atoms with Gasteiger partial charge in [-0.2, -0.15) is 0 Å². The Morgan fingerprint density at radius 3 is 2.43 bits per heavy atom. The van der Waals surface area contributed by atoms with Crippen molar-refractivity contribution in [2.75, 3.05) is 20.8 Å². The average molecular weight is 193 g/mol. The Kier molecular flexibility index (Phi) is 7.20. The van der Waals surface area contributed by atoms with E-state index in [0.29, 0.717) is 12.5 Å². The van der Waals surface area contributed by atoms with Crippen LogP contribution in [0.3, 0.4) is 0 Å². The number of nitrogens with zero attached hydrogens (tertiary/aromatic N) is 1. The molecule has 1 rings (SSSR count). The molecule has 14 heavy (non-hydrogen) atoms. The minimum absolute atomic E-state index is 0.417. The molecule has 0 aliphatic carbocycles. The third-order valence-corrected chi connectivity index (χ3v) is 1.32. The van der Waals surface area contributed by atoms with Gasteiger partial charge in [-0.15, -0.1) is 6.42 Å². The number of methoxy groups -OCH3 is 2. The third-order valence-electron chi connectivity index (χ3n) is 1.32. The summed E-state index contributed by atoms with van der Waals surface area (Å²) in [4.78, 5) is 3.97. The van der Waals surface area contributed by atoms with E-state index in [0.717, 1.165) is 5.56 Å². The molecule has 0 saturated carbocycles. The minimum Gasteiger partial charge on any atom is -0.481 e. The molecule has 1 heterocycles. The second-order valence-electron chi connectivity index (χ2n) is 2.52. The van der Waals surface area contributed by atoms with Crippen molar-refractivity contribution < 1.29 is 9.47 Å². The number of terminal acetylenes is 1. The van der Waals surface area contributed by atoms with Crippen LogP contribution in [0.4, 0.5) is 0 Å². The Bertz CT molecular complexity index is 274. The predicted molar refractivity (Wildman–Crippen MR) is 56.2 cm³/mol. The highest BCUT2D eigenvalue weighted by Crippen LogP contribution is 2.04. The summed E-state index contributed by atoms with van der Waals surface area (Å²) in [7, 11) is 3.18. The van der Waals surface area contributed by atoms with Gasteiger partial charge in [-0.05, 0) is 12.5 Å². The van der Waals surface area contributed by atoms with Gasteiger partial charge in [0, 0.05) is 19.4 Å². The average Bonchev–Trinajstić information content (AvgIpc) is 2.21. The fraction of sp³-hybridized carbons (Fsp3) is 0.364. The summed E-state index contributed by atoms with van der Waals surface area (Å²) in [5, 5.41) is 0. The first kappa shape index (κ1) is 12.5. The van der Waals surface area contributed by atoms with E-state index in [9.17, 15) is 0 Å². The molecule has 0 aliphatic heterocycles. The first-order valence-electron chi connectivity index (χ1n) is 4.13. The van der Waals surface area contributed by atoms with Gasteiger partial charge in [-0.3, -0.25) is 0 Å². The molecule has 0 spiro atoms. The van der Waals surface area contributed by atoms with Gasteiger partial charge in [-0.25, -0.2) is 4.98 Å². The first-order valence-corrected chi connectivity index (χ1v) is 4.13. The topological polar surface area (TPSA) is 31.4 Å². The second-order valence-corrected chi connectivity index (χ2v) is 2.52. The number of rotatable bonds is 2. The number of hydrogen-bond acceptors (Lipinski definition) is 3. The summed E-state index contributed by atoms with van der Waals surface area (Å²) in [5.74, 6) is 2.96. The molecule has 76 valence electrons. The lowest BCUT2D eigenvalue weighted by atomic mass is 10.3. The Balaban J connectivity index is 0.000000292. The van der Waals surface area contributed by atoms with Crippen molar-refractivity contribution in [3.63, 3.8) is 0 Å². The van der Waals surface area contributed by atoms with Gasteiger partial charge in [0.1, 0.15) is 6.61 Å². The van der Waals surface area contributed by atoms with E-state index in [2.05, 4.69) is 15.6 Å². The summed E-state index contributed by atoms with van der Waals surface area (Å²) < 4.78 is 9.31. The fourth-order valence-corrected chi connectivity index (χ4v) is 0.658. The second kappa shape index (κ2) is 8.09. The molecule has 0 radical (unpaired) electrons. The van der Waals surface area contributed by atoms with Crippen molar-refractivity contribution in [2.24, 2.45) is 0 Å². The Hall–Kier alpha value is -1.53. The summed E-state index contributed by atoms with van der Waals surface area (Å²) in [6.07, 6.45) is 6.54. The highest BCUT2D eigenvalue weighted by atomic mass is 16.5. The zero-order chi connectivity index (χ0) is 10.8. The number of aryl methyl sites for hydroxylation is 1. The number of hydrogen-bond donors (Lipinski definition) is 0. The van der Waals surface area contributed by atoms with Crippen molar-refractivity contribution >= 4 is 0 Å². The third kappa shape index (κ3) is 6.04. The molecule has 0 saturated heterocycles. The predicted octanol–water partition coefficient (Wildman–Crippen LogP) is 1.66. The standard InChI is InChI=1S/C7H9NO.C4H6O/c1-6-3-4-7(9-2)8-5-6;1-3-4-5-2/h3-5H,1-2H3;1H,4H2,2H3. The quantitative estimate of drug-likeness (QED) is 0.669. The van der Waals surface area contributed by atoms with Gasteiger partial charge in [0.05, 0.1) is 7.11 Å². The van der Waals surface area contributed by atoms with Crippen molar-refractivity contribution in [3.05, 3.63) is 23.9 Å². The number of ether oxygens (including phenoxy) is 2. The smallest absolute Gasteiger partial charge is 0.212 e. The van der Waals surface area contributed by atoms with E-state index in [1.54, 1.807) is 20.4 Å². The molecular weight excluding hydrogens is 178 g/mol. The normalized spacial score (nSPS) is 8.14. The molecule has 0 bridgehead atoms. The van der Waals surface area contributed by atoms with Crippen LogP contribution in [0.5, 0.6) is 5.88 Å². The molecule has 0 unspecified atom stereocenters. The molecule has 1 aromatic rings. The Labute approximate surface area is 85.1 Å². The van der Waals surface area contributed by atoms with Gasteiger partial charge in [0.25, 0.3) is 0 Å². The molecule has 3 heteroatoms. The van der Waals surface area contributed by atoms with E-state index < -0.39 is 0 Å². The molecule has 0 aromatic carbocycles. The molecule has 0 aliphatic rings. The molecule has 0 atom stereocenters. The highest BCUT2D eigenvalue weighted by molar-refractivity contribution is 5.15. The van der Waals surface area contributed by atoms with Gasteiger partial charge in [0.2, 0.25) is 5.88 Å². The van der Waals surface area contributed by atoms with E-state index >= 15 is 0 Å². The molecule has 0 fully saturated rings. The van der Waals surface area contributed by atoms with Crippen LogP contribution in [0.25, 0.3) is 0 Å². The van der Waals surface area contributed by atoms with Crippen LogP contribution >= 0.6 is 0 Å². The maximum Gasteiger partial charge on any atom is 0.212 e. The van der Waals surface area contributed by atoms with Crippen LogP contribution in [0, 0.1) is 19.3 Å². The van der Waals surface area contributed by atoms with Crippen LogP contribution < -0.4 is 4.74 Å². The fourth-order valence-electron chi connectivity index (χ4n) is 0.658. The van der Waals surface area contributed by atoms with E-state index in [1.807, 2.05) is 19.1 Å². The van der Waals surface area contributed by atoms with Crippen molar-refractivity contribution in [2.45, 2.75) is 6.92 Å². The van der Waals surface area contributed by atoms with Crippen molar-refractivity contribution in [3.8, 4) is 18.2 Å². The lowest BCUT2D eigenvalue weighted by Crippen LogP contribution is -1.85. The van der Waals surface area contributed by atoms with Crippen molar-refractivity contribution in [1.82, 2.24) is 4.98 Å². The van der Waals surface area contributed by atoms with Crippen LogP contribution in [0.2, 0.25) is 0 Å². The number of aromatic nitrogens is 1. The Morgan fingerprint density at radius 1 is 1.43 bits per heavy atom. The maximum atomic E-state index is 4.86. The minimum atomic E-state index is 0.417. The van der Waals surface area contributed by atoms with Crippen LogP contribution in [0.1, 0.15) is 5.56 Å². The van der Waals surface area contributed by atoms with Crippen LogP contribution in [0.15, 0.2) is 18.3 Å². The first-order chi connectivity index (χ1) is 6.74.